The first-order valence-electron chi connectivity index (χ1n) is 7.75. The van der Waals surface area contributed by atoms with Gasteiger partial charge in [0.2, 0.25) is 0 Å². The summed E-state index contributed by atoms with van der Waals surface area (Å²) in [5, 5.41) is 8.03. The van der Waals surface area contributed by atoms with Crippen LogP contribution in [0.15, 0.2) is 15.1 Å². The van der Waals surface area contributed by atoms with Gasteiger partial charge in [0.1, 0.15) is 22.8 Å². The van der Waals surface area contributed by atoms with Gasteiger partial charge in [0.25, 0.3) is 5.91 Å². The van der Waals surface area contributed by atoms with Crippen LogP contribution in [-0.4, -0.2) is 27.7 Å². The highest BCUT2D eigenvalue weighted by molar-refractivity contribution is 5.96. The predicted molar refractivity (Wildman–Crippen MR) is 79.5 cm³/mol. The molecule has 0 radical (unpaired) electrons. The lowest BCUT2D eigenvalue weighted by atomic mass is 10.0. The number of carbonyl (C=O) groups excluding carboxylic acids is 1. The highest BCUT2D eigenvalue weighted by Gasteiger charge is 2.32. The van der Waals surface area contributed by atoms with Crippen molar-refractivity contribution in [3.8, 4) is 0 Å². The maximum Gasteiger partial charge on any atom is 0.259 e. The van der Waals surface area contributed by atoms with Crippen LogP contribution in [0.1, 0.15) is 65.0 Å². The molecular formula is C16H21N3O3. The zero-order valence-corrected chi connectivity index (χ0v) is 13.3. The number of likely N-dealkylation sites (tertiary alicyclic amines) is 1. The van der Waals surface area contributed by atoms with Crippen molar-refractivity contribution in [2.24, 2.45) is 0 Å². The summed E-state index contributed by atoms with van der Waals surface area (Å²) in [6, 6.07) is 1.88. The summed E-state index contributed by atoms with van der Waals surface area (Å²) in [5.41, 5.74) is 2.05. The van der Waals surface area contributed by atoms with Crippen molar-refractivity contribution in [2.45, 2.75) is 52.5 Å². The van der Waals surface area contributed by atoms with E-state index in [1.807, 2.05) is 17.9 Å². The molecule has 0 bridgehead atoms. The molecule has 0 unspecified atom stereocenters. The predicted octanol–water partition coefficient (Wildman–Crippen LogP) is 3.35. The second kappa shape index (κ2) is 5.94. The zero-order valence-electron chi connectivity index (χ0n) is 13.3. The van der Waals surface area contributed by atoms with Gasteiger partial charge in [0.15, 0.2) is 0 Å². The van der Waals surface area contributed by atoms with Gasteiger partial charge < -0.3 is 13.9 Å². The molecule has 0 aromatic carbocycles. The molecule has 1 aliphatic heterocycles. The molecule has 118 valence electrons. The number of amides is 1. The number of aromatic nitrogens is 2. The van der Waals surface area contributed by atoms with Crippen LogP contribution >= 0.6 is 0 Å². The highest BCUT2D eigenvalue weighted by Crippen LogP contribution is 2.32. The summed E-state index contributed by atoms with van der Waals surface area (Å²) in [4.78, 5) is 14.9. The molecule has 1 saturated heterocycles. The molecule has 3 heterocycles. The van der Waals surface area contributed by atoms with E-state index >= 15 is 0 Å². The maximum atomic E-state index is 13.0. The minimum absolute atomic E-state index is 0.0243. The van der Waals surface area contributed by atoms with Crippen molar-refractivity contribution >= 4 is 5.91 Å². The number of aryl methyl sites for hydroxylation is 3. The third-order valence-electron chi connectivity index (χ3n) is 4.25. The molecule has 6 heteroatoms. The van der Waals surface area contributed by atoms with Crippen molar-refractivity contribution in [1.82, 2.24) is 15.2 Å². The van der Waals surface area contributed by atoms with Gasteiger partial charge in [-0.25, -0.2) is 0 Å². The quantitative estimate of drug-likeness (QED) is 0.850. The second-order valence-electron chi connectivity index (χ2n) is 5.93. The molecule has 1 amide bonds. The van der Waals surface area contributed by atoms with Gasteiger partial charge in [0.05, 0.1) is 11.7 Å². The Bertz CT molecular complexity index is 654. The van der Waals surface area contributed by atoms with Crippen LogP contribution < -0.4 is 0 Å². The Morgan fingerprint density at radius 1 is 1.18 bits per heavy atom. The van der Waals surface area contributed by atoms with E-state index in [-0.39, 0.29) is 11.9 Å². The number of hydrogen-bond donors (Lipinski definition) is 0. The van der Waals surface area contributed by atoms with E-state index in [0.29, 0.717) is 17.0 Å². The van der Waals surface area contributed by atoms with Gasteiger partial charge in [-0.15, -0.1) is 0 Å². The van der Waals surface area contributed by atoms with E-state index in [2.05, 4.69) is 10.3 Å². The summed E-state index contributed by atoms with van der Waals surface area (Å²) in [6.45, 7) is 6.17. The molecule has 0 spiro atoms. The first-order valence-corrected chi connectivity index (χ1v) is 7.75. The number of hydrogen-bond acceptors (Lipinski definition) is 5. The molecule has 0 aliphatic carbocycles. The normalized spacial score (nSPS) is 19.2. The fourth-order valence-electron chi connectivity index (χ4n) is 3.13. The molecule has 0 N–H and O–H groups in total. The summed E-state index contributed by atoms with van der Waals surface area (Å²) in [5.74, 6) is 1.31. The molecule has 2 aromatic rings. The van der Waals surface area contributed by atoms with E-state index in [1.54, 1.807) is 13.8 Å². The van der Waals surface area contributed by atoms with Gasteiger partial charge in [-0.05, 0) is 33.6 Å². The number of carbonyl (C=O) groups is 1. The van der Waals surface area contributed by atoms with Gasteiger partial charge in [-0.3, -0.25) is 4.79 Å². The third-order valence-corrected chi connectivity index (χ3v) is 4.25. The standard InChI is InChI=1S/C16H21N3O3/c1-10-9-13(18-21-10)14-7-5-4-6-8-19(14)16(20)15-11(2)17-22-12(15)3/h9,14H,4-8H2,1-3H3/t14-/m1/s1. The van der Waals surface area contributed by atoms with E-state index in [9.17, 15) is 4.79 Å². The topological polar surface area (TPSA) is 72.4 Å². The van der Waals surface area contributed by atoms with Gasteiger partial charge >= 0.3 is 0 Å². The first-order chi connectivity index (χ1) is 10.6. The smallest absolute Gasteiger partial charge is 0.259 e. The molecule has 22 heavy (non-hydrogen) atoms. The number of rotatable bonds is 2. The van der Waals surface area contributed by atoms with E-state index in [0.717, 1.165) is 43.7 Å². The molecule has 2 aromatic heterocycles. The minimum Gasteiger partial charge on any atom is -0.361 e. The molecule has 6 nitrogen and oxygen atoms in total. The SMILES string of the molecule is Cc1cc([C@H]2CCCCCN2C(=O)c2c(C)noc2C)no1. The van der Waals surface area contributed by atoms with E-state index < -0.39 is 0 Å². The lowest BCUT2D eigenvalue weighted by Gasteiger charge is -2.28. The summed E-state index contributed by atoms with van der Waals surface area (Å²) in [7, 11) is 0. The summed E-state index contributed by atoms with van der Waals surface area (Å²) >= 11 is 0. The molecule has 1 atom stereocenters. The second-order valence-corrected chi connectivity index (χ2v) is 5.93. The van der Waals surface area contributed by atoms with Crippen LogP contribution in [0.2, 0.25) is 0 Å². The van der Waals surface area contributed by atoms with Crippen molar-refractivity contribution < 1.29 is 13.8 Å². The Balaban J connectivity index is 1.95. The number of nitrogens with zero attached hydrogens (tertiary/aromatic N) is 3. The minimum atomic E-state index is -0.0406. The van der Waals surface area contributed by atoms with Crippen LogP contribution in [0.5, 0.6) is 0 Å². The van der Waals surface area contributed by atoms with Gasteiger partial charge in [0, 0.05) is 12.6 Å². The Morgan fingerprint density at radius 3 is 2.64 bits per heavy atom. The fraction of sp³-hybridized carbons (Fsp3) is 0.562. The molecule has 0 saturated carbocycles. The average Bonchev–Trinajstić information content (AvgIpc) is 2.96. The van der Waals surface area contributed by atoms with E-state index in [4.69, 9.17) is 9.05 Å². The first kappa shape index (κ1) is 14.8. The van der Waals surface area contributed by atoms with Crippen molar-refractivity contribution in [3.05, 3.63) is 34.5 Å². The Hall–Kier alpha value is -2.11. The van der Waals surface area contributed by atoms with Gasteiger partial charge in [-0.1, -0.05) is 23.2 Å². The van der Waals surface area contributed by atoms with Gasteiger partial charge in [-0.2, -0.15) is 0 Å². The van der Waals surface area contributed by atoms with Crippen LogP contribution in [0.3, 0.4) is 0 Å². The highest BCUT2D eigenvalue weighted by atomic mass is 16.5. The largest absolute Gasteiger partial charge is 0.361 e. The van der Waals surface area contributed by atoms with Crippen LogP contribution in [-0.2, 0) is 0 Å². The van der Waals surface area contributed by atoms with Crippen LogP contribution in [0.25, 0.3) is 0 Å². The van der Waals surface area contributed by atoms with Crippen molar-refractivity contribution in [1.29, 1.82) is 0 Å². The molecular weight excluding hydrogens is 282 g/mol. The zero-order chi connectivity index (χ0) is 15.7. The monoisotopic (exact) mass is 303 g/mol. The Kier molecular flexibility index (Phi) is 4.00. The maximum absolute atomic E-state index is 13.0. The summed E-state index contributed by atoms with van der Waals surface area (Å²) < 4.78 is 10.4. The van der Waals surface area contributed by atoms with E-state index in [1.165, 1.54) is 0 Å². The average molecular weight is 303 g/mol. The van der Waals surface area contributed by atoms with Crippen molar-refractivity contribution in [3.63, 3.8) is 0 Å². The van der Waals surface area contributed by atoms with Crippen LogP contribution in [0, 0.1) is 20.8 Å². The summed E-state index contributed by atoms with van der Waals surface area (Å²) in [6.07, 6.45) is 4.12. The molecule has 1 fully saturated rings. The Morgan fingerprint density at radius 2 is 2.00 bits per heavy atom. The fourth-order valence-corrected chi connectivity index (χ4v) is 3.13. The lowest BCUT2D eigenvalue weighted by molar-refractivity contribution is 0.0671. The third kappa shape index (κ3) is 2.65. The molecule has 3 rings (SSSR count). The Labute approximate surface area is 129 Å². The lowest BCUT2D eigenvalue weighted by Crippen LogP contribution is -2.35. The van der Waals surface area contributed by atoms with Crippen molar-refractivity contribution in [2.75, 3.05) is 6.54 Å². The van der Waals surface area contributed by atoms with Crippen LogP contribution in [0.4, 0.5) is 0 Å². The molecule has 1 aliphatic rings.